The third kappa shape index (κ3) is 4.48. The zero-order chi connectivity index (χ0) is 30.5. The summed E-state index contributed by atoms with van der Waals surface area (Å²) < 4.78 is 5.00. The van der Waals surface area contributed by atoms with Gasteiger partial charge in [-0.2, -0.15) is 0 Å². The Morgan fingerprint density at radius 2 is 0.957 bits per heavy atom. The van der Waals surface area contributed by atoms with Crippen molar-refractivity contribution in [2.24, 2.45) is 0 Å². The summed E-state index contributed by atoms with van der Waals surface area (Å²) in [4.78, 5) is 14.8. The second kappa shape index (κ2) is 10.9. The minimum atomic E-state index is 0.651. The molecular formula is C41H26N4S. The number of para-hydroxylation sites is 1. The molecule has 0 bridgehead atoms. The topological polar surface area (TPSA) is 43.6 Å². The standard InChI is InChI=1S/C41H26N4S/c1-4-13-27(14-5-1)39-42-40(28-15-6-2-7-16-28)44-41(43-39)31-18-12-17-29(25-31)30-23-24-35-34(26-30)38-37(33-21-10-11-22-36(33)46-38)45(35)32-19-8-3-9-20-32/h1-26H. The molecule has 9 rings (SSSR count). The molecule has 0 fully saturated rings. The van der Waals surface area contributed by atoms with E-state index in [0.29, 0.717) is 17.5 Å². The van der Waals surface area contributed by atoms with Gasteiger partial charge in [0, 0.05) is 37.9 Å². The average Bonchev–Trinajstić information content (AvgIpc) is 3.67. The molecule has 0 saturated heterocycles. The molecule has 0 spiro atoms. The summed E-state index contributed by atoms with van der Waals surface area (Å²) in [6.07, 6.45) is 0. The monoisotopic (exact) mass is 606 g/mol. The maximum atomic E-state index is 4.96. The average molecular weight is 607 g/mol. The van der Waals surface area contributed by atoms with Crippen LogP contribution in [0.2, 0.25) is 0 Å². The molecule has 4 nitrogen and oxygen atoms in total. The van der Waals surface area contributed by atoms with Crippen molar-refractivity contribution in [2.75, 3.05) is 0 Å². The molecular weight excluding hydrogens is 581 g/mol. The number of nitrogens with zero attached hydrogens (tertiary/aromatic N) is 4. The van der Waals surface area contributed by atoms with Gasteiger partial charge in [-0.3, -0.25) is 0 Å². The first-order valence-corrected chi connectivity index (χ1v) is 16.1. The van der Waals surface area contributed by atoms with Gasteiger partial charge in [0.25, 0.3) is 0 Å². The smallest absolute Gasteiger partial charge is 0.164 e. The number of hydrogen-bond donors (Lipinski definition) is 0. The van der Waals surface area contributed by atoms with Gasteiger partial charge in [0.1, 0.15) is 0 Å². The minimum Gasteiger partial charge on any atom is -0.308 e. The van der Waals surface area contributed by atoms with Crippen LogP contribution in [0.4, 0.5) is 0 Å². The lowest BCUT2D eigenvalue weighted by Crippen LogP contribution is -2.00. The molecule has 0 aliphatic carbocycles. The van der Waals surface area contributed by atoms with Gasteiger partial charge in [-0.05, 0) is 47.5 Å². The molecule has 3 aromatic heterocycles. The summed E-state index contributed by atoms with van der Waals surface area (Å²) in [6, 6.07) is 54.9. The lowest BCUT2D eigenvalue weighted by molar-refractivity contribution is 1.07. The molecule has 0 N–H and O–H groups in total. The summed E-state index contributed by atoms with van der Waals surface area (Å²) in [5, 5.41) is 2.53. The van der Waals surface area contributed by atoms with Crippen molar-refractivity contribution in [1.29, 1.82) is 0 Å². The van der Waals surface area contributed by atoms with E-state index in [2.05, 4.69) is 102 Å². The van der Waals surface area contributed by atoms with Crippen molar-refractivity contribution in [2.45, 2.75) is 0 Å². The van der Waals surface area contributed by atoms with E-state index in [-0.39, 0.29) is 0 Å². The van der Waals surface area contributed by atoms with E-state index >= 15 is 0 Å². The van der Waals surface area contributed by atoms with Crippen LogP contribution in [0.15, 0.2) is 158 Å². The second-order valence-corrected chi connectivity index (χ2v) is 12.4. The van der Waals surface area contributed by atoms with Gasteiger partial charge in [-0.15, -0.1) is 11.3 Å². The number of hydrogen-bond acceptors (Lipinski definition) is 4. The zero-order valence-electron chi connectivity index (χ0n) is 24.7. The molecule has 0 amide bonds. The molecule has 3 heterocycles. The zero-order valence-corrected chi connectivity index (χ0v) is 25.5. The lowest BCUT2D eigenvalue weighted by atomic mass is 10.0. The van der Waals surface area contributed by atoms with Gasteiger partial charge in [0.2, 0.25) is 0 Å². The number of aromatic nitrogens is 4. The van der Waals surface area contributed by atoms with Crippen LogP contribution in [0.25, 0.3) is 82.2 Å². The van der Waals surface area contributed by atoms with E-state index in [9.17, 15) is 0 Å². The molecule has 46 heavy (non-hydrogen) atoms. The van der Waals surface area contributed by atoms with Crippen molar-refractivity contribution < 1.29 is 0 Å². The summed E-state index contributed by atoms with van der Waals surface area (Å²) in [5.74, 6) is 1.97. The Hall–Kier alpha value is -5.91. The van der Waals surface area contributed by atoms with Gasteiger partial charge in [-0.1, -0.05) is 121 Å². The number of thiophene rings is 1. The predicted octanol–water partition coefficient (Wildman–Crippen LogP) is 10.9. The first-order chi connectivity index (χ1) is 22.8. The van der Waals surface area contributed by atoms with Crippen LogP contribution in [0.5, 0.6) is 0 Å². The number of rotatable bonds is 5. The van der Waals surface area contributed by atoms with Gasteiger partial charge in [-0.25, -0.2) is 15.0 Å². The maximum absolute atomic E-state index is 4.96. The molecule has 0 saturated carbocycles. The molecule has 9 aromatic rings. The fourth-order valence-corrected chi connectivity index (χ4v) is 7.48. The Balaban J connectivity index is 1.21. The van der Waals surface area contributed by atoms with Crippen LogP contribution >= 0.6 is 11.3 Å². The molecule has 0 unspecified atom stereocenters. The van der Waals surface area contributed by atoms with Crippen LogP contribution in [0.3, 0.4) is 0 Å². The molecule has 216 valence electrons. The van der Waals surface area contributed by atoms with Gasteiger partial charge >= 0.3 is 0 Å². The first-order valence-electron chi connectivity index (χ1n) is 15.3. The van der Waals surface area contributed by atoms with Crippen molar-refractivity contribution in [3.63, 3.8) is 0 Å². The highest BCUT2D eigenvalue weighted by Crippen LogP contribution is 2.43. The fraction of sp³-hybridized carbons (Fsp3) is 0. The highest BCUT2D eigenvalue weighted by Gasteiger charge is 2.19. The van der Waals surface area contributed by atoms with Gasteiger partial charge in [0.05, 0.1) is 15.7 Å². The van der Waals surface area contributed by atoms with Crippen LogP contribution in [0, 0.1) is 0 Å². The normalized spacial score (nSPS) is 11.5. The number of benzene rings is 6. The van der Waals surface area contributed by atoms with Crippen molar-refractivity contribution >= 4 is 42.5 Å². The van der Waals surface area contributed by atoms with E-state index in [1.807, 2.05) is 72.0 Å². The SMILES string of the molecule is c1ccc(-c2nc(-c3ccccc3)nc(-c3cccc(-c4ccc5c(c4)c4sc6ccccc6c4n5-c4ccccc4)c3)n2)cc1. The molecule has 5 heteroatoms. The Kier molecular flexibility index (Phi) is 6.28. The molecule has 0 aliphatic heterocycles. The van der Waals surface area contributed by atoms with E-state index in [0.717, 1.165) is 27.8 Å². The Morgan fingerprint density at radius 1 is 0.413 bits per heavy atom. The van der Waals surface area contributed by atoms with E-state index in [1.165, 1.54) is 36.9 Å². The van der Waals surface area contributed by atoms with Gasteiger partial charge in [0.15, 0.2) is 17.5 Å². The minimum absolute atomic E-state index is 0.651. The summed E-state index contributed by atoms with van der Waals surface area (Å²) in [5.41, 5.74) is 8.77. The summed E-state index contributed by atoms with van der Waals surface area (Å²) in [6.45, 7) is 0. The highest BCUT2D eigenvalue weighted by molar-refractivity contribution is 7.26. The Morgan fingerprint density at radius 3 is 1.65 bits per heavy atom. The number of fused-ring (bicyclic) bond motifs is 5. The largest absolute Gasteiger partial charge is 0.308 e. The summed E-state index contributed by atoms with van der Waals surface area (Å²) >= 11 is 1.86. The lowest BCUT2D eigenvalue weighted by Gasteiger charge is -2.10. The predicted molar refractivity (Wildman–Crippen MR) is 191 cm³/mol. The first kappa shape index (κ1) is 26.5. The van der Waals surface area contributed by atoms with Crippen LogP contribution < -0.4 is 0 Å². The van der Waals surface area contributed by atoms with Crippen molar-refractivity contribution in [3.8, 4) is 51.0 Å². The highest BCUT2D eigenvalue weighted by atomic mass is 32.1. The maximum Gasteiger partial charge on any atom is 0.164 e. The van der Waals surface area contributed by atoms with Crippen LogP contribution in [0.1, 0.15) is 0 Å². The fourth-order valence-electron chi connectivity index (χ4n) is 6.27. The van der Waals surface area contributed by atoms with Crippen molar-refractivity contribution in [1.82, 2.24) is 19.5 Å². The molecule has 0 atom stereocenters. The molecule has 0 radical (unpaired) electrons. The van der Waals surface area contributed by atoms with Crippen LogP contribution in [-0.4, -0.2) is 19.5 Å². The third-order valence-corrected chi connectivity index (χ3v) is 9.64. The summed E-state index contributed by atoms with van der Waals surface area (Å²) in [7, 11) is 0. The van der Waals surface area contributed by atoms with Gasteiger partial charge < -0.3 is 4.57 Å². The third-order valence-electron chi connectivity index (χ3n) is 8.44. The van der Waals surface area contributed by atoms with E-state index in [1.54, 1.807) is 0 Å². The molecule has 6 aromatic carbocycles. The molecule has 0 aliphatic rings. The quantitative estimate of drug-likeness (QED) is 0.196. The second-order valence-electron chi connectivity index (χ2n) is 11.3. The van der Waals surface area contributed by atoms with Crippen LogP contribution in [-0.2, 0) is 0 Å². The Labute approximate surface area is 269 Å². The Bertz CT molecular complexity index is 2460. The van der Waals surface area contributed by atoms with E-state index < -0.39 is 0 Å². The van der Waals surface area contributed by atoms with Crippen molar-refractivity contribution in [3.05, 3.63) is 158 Å². The van der Waals surface area contributed by atoms with E-state index in [4.69, 9.17) is 15.0 Å².